The first-order valence-electron chi connectivity index (χ1n) is 3.11. The van der Waals surface area contributed by atoms with Gasteiger partial charge in [-0.2, -0.15) is 0 Å². The number of carboxylic acids is 1. The van der Waals surface area contributed by atoms with Crippen LogP contribution in [0.25, 0.3) is 0 Å². The number of rotatable bonds is 3. The van der Waals surface area contributed by atoms with E-state index in [1.54, 1.807) is 0 Å². The standard InChI is InChI=1S/C6H6BrN3O2/c7-4-1-8-6(9-2-4)10-3-5(11)12/h1-2H,3H2,(H,11,12)(H,8,9,10). The maximum Gasteiger partial charge on any atom is 0.322 e. The van der Waals surface area contributed by atoms with E-state index in [2.05, 4.69) is 31.2 Å². The van der Waals surface area contributed by atoms with Gasteiger partial charge < -0.3 is 10.4 Å². The molecule has 0 radical (unpaired) electrons. The second-order valence-corrected chi connectivity index (χ2v) is 2.89. The Morgan fingerprint density at radius 3 is 2.67 bits per heavy atom. The molecular weight excluding hydrogens is 226 g/mol. The van der Waals surface area contributed by atoms with Crippen LogP contribution >= 0.6 is 15.9 Å². The molecule has 5 nitrogen and oxygen atoms in total. The normalized spacial score (nSPS) is 9.42. The van der Waals surface area contributed by atoms with Gasteiger partial charge in [-0.3, -0.25) is 4.79 Å². The van der Waals surface area contributed by atoms with Gasteiger partial charge in [-0.1, -0.05) is 0 Å². The summed E-state index contributed by atoms with van der Waals surface area (Å²) in [5.41, 5.74) is 0. The summed E-state index contributed by atoms with van der Waals surface area (Å²) < 4.78 is 0.753. The largest absolute Gasteiger partial charge is 0.480 e. The summed E-state index contributed by atoms with van der Waals surface area (Å²) >= 11 is 3.16. The molecular formula is C6H6BrN3O2. The predicted molar refractivity (Wildman–Crippen MR) is 45.9 cm³/mol. The second-order valence-electron chi connectivity index (χ2n) is 1.97. The van der Waals surface area contributed by atoms with E-state index in [1.807, 2.05) is 0 Å². The Labute approximate surface area is 77.0 Å². The van der Waals surface area contributed by atoms with Crippen LogP contribution in [0.5, 0.6) is 0 Å². The van der Waals surface area contributed by atoms with Crippen molar-refractivity contribution >= 4 is 27.8 Å². The summed E-state index contributed by atoms with van der Waals surface area (Å²) in [6.07, 6.45) is 3.08. The summed E-state index contributed by atoms with van der Waals surface area (Å²) in [5, 5.41) is 10.8. The van der Waals surface area contributed by atoms with Crippen molar-refractivity contribution in [2.45, 2.75) is 0 Å². The molecule has 0 saturated carbocycles. The van der Waals surface area contributed by atoms with Crippen molar-refractivity contribution < 1.29 is 9.90 Å². The van der Waals surface area contributed by atoms with Gasteiger partial charge >= 0.3 is 5.97 Å². The van der Waals surface area contributed by atoms with Crippen molar-refractivity contribution in [1.82, 2.24) is 9.97 Å². The number of nitrogens with zero attached hydrogens (tertiary/aromatic N) is 2. The molecule has 0 aliphatic carbocycles. The zero-order chi connectivity index (χ0) is 8.97. The fourth-order valence-corrected chi connectivity index (χ4v) is 0.763. The number of aromatic nitrogens is 2. The van der Waals surface area contributed by atoms with Crippen molar-refractivity contribution in [3.63, 3.8) is 0 Å². The van der Waals surface area contributed by atoms with E-state index < -0.39 is 5.97 Å². The molecule has 0 aliphatic rings. The number of aliphatic carboxylic acids is 1. The topological polar surface area (TPSA) is 75.1 Å². The van der Waals surface area contributed by atoms with Gasteiger partial charge in [0, 0.05) is 12.4 Å². The minimum Gasteiger partial charge on any atom is -0.480 e. The van der Waals surface area contributed by atoms with Crippen LogP contribution in [-0.4, -0.2) is 27.6 Å². The predicted octanol–water partition coefficient (Wildman–Crippen LogP) is 0.736. The Bertz CT molecular complexity index is 275. The lowest BCUT2D eigenvalue weighted by atomic mass is 10.6. The Kier molecular flexibility index (Phi) is 2.98. The molecule has 1 rings (SSSR count). The first-order valence-corrected chi connectivity index (χ1v) is 3.91. The average molecular weight is 232 g/mol. The Morgan fingerprint density at radius 1 is 1.58 bits per heavy atom. The summed E-state index contributed by atoms with van der Waals surface area (Å²) in [7, 11) is 0. The van der Waals surface area contributed by atoms with E-state index >= 15 is 0 Å². The Balaban J connectivity index is 2.53. The lowest BCUT2D eigenvalue weighted by Gasteiger charge is -1.99. The molecule has 0 fully saturated rings. The maximum absolute atomic E-state index is 10.1. The molecule has 0 unspecified atom stereocenters. The van der Waals surface area contributed by atoms with E-state index in [-0.39, 0.29) is 6.54 Å². The third-order valence-electron chi connectivity index (χ3n) is 1.02. The minimum absolute atomic E-state index is 0.179. The van der Waals surface area contributed by atoms with Gasteiger partial charge in [0.05, 0.1) is 4.47 Å². The van der Waals surface area contributed by atoms with Gasteiger partial charge in [-0.25, -0.2) is 9.97 Å². The van der Waals surface area contributed by atoms with Gasteiger partial charge in [0.1, 0.15) is 6.54 Å². The monoisotopic (exact) mass is 231 g/mol. The fourth-order valence-electron chi connectivity index (χ4n) is 0.558. The molecule has 0 spiro atoms. The first kappa shape index (κ1) is 8.92. The van der Waals surface area contributed by atoms with Gasteiger partial charge in [0.25, 0.3) is 0 Å². The molecule has 1 aromatic heterocycles. The molecule has 0 amide bonds. The van der Waals surface area contributed by atoms with Crippen molar-refractivity contribution in [1.29, 1.82) is 0 Å². The summed E-state index contributed by atoms with van der Waals surface area (Å²) in [5.74, 6) is -0.637. The first-order chi connectivity index (χ1) is 5.68. The summed E-state index contributed by atoms with van der Waals surface area (Å²) in [6, 6.07) is 0. The quantitative estimate of drug-likeness (QED) is 0.803. The van der Waals surface area contributed by atoms with Crippen LogP contribution in [0.3, 0.4) is 0 Å². The van der Waals surface area contributed by atoms with Crippen LogP contribution in [0.1, 0.15) is 0 Å². The smallest absolute Gasteiger partial charge is 0.322 e. The van der Waals surface area contributed by atoms with E-state index in [0.29, 0.717) is 5.95 Å². The zero-order valence-corrected chi connectivity index (χ0v) is 7.58. The van der Waals surface area contributed by atoms with Gasteiger partial charge in [-0.15, -0.1) is 0 Å². The average Bonchev–Trinajstić information content (AvgIpc) is 2.03. The van der Waals surface area contributed by atoms with Crippen molar-refractivity contribution in [3.05, 3.63) is 16.9 Å². The number of anilines is 1. The van der Waals surface area contributed by atoms with Crippen molar-refractivity contribution in [2.24, 2.45) is 0 Å². The Hall–Kier alpha value is -1.17. The van der Waals surface area contributed by atoms with Crippen LogP contribution in [0.2, 0.25) is 0 Å². The van der Waals surface area contributed by atoms with Gasteiger partial charge in [0.15, 0.2) is 0 Å². The van der Waals surface area contributed by atoms with E-state index in [0.717, 1.165) is 4.47 Å². The lowest BCUT2D eigenvalue weighted by Crippen LogP contribution is -2.13. The van der Waals surface area contributed by atoms with Crippen LogP contribution < -0.4 is 5.32 Å². The Morgan fingerprint density at radius 2 is 2.17 bits per heavy atom. The van der Waals surface area contributed by atoms with Crippen molar-refractivity contribution in [2.75, 3.05) is 11.9 Å². The molecule has 0 saturated heterocycles. The number of halogens is 1. The van der Waals surface area contributed by atoms with Crippen molar-refractivity contribution in [3.8, 4) is 0 Å². The lowest BCUT2D eigenvalue weighted by molar-refractivity contribution is -0.134. The van der Waals surface area contributed by atoms with Crippen LogP contribution in [-0.2, 0) is 4.79 Å². The number of hydrogen-bond donors (Lipinski definition) is 2. The zero-order valence-electron chi connectivity index (χ0n) is 5.99. The van der Waals surface area contributed by atoms with E-state index in [4.69, 9.17) is 5.11 Å². The second kappa shape index (κ2) is 4.01. The molecule has 6 heteroatoms. The van der Waals surface area contributed by atoms with Crippen LogP contribution in [0.15, 0.2) is 16.9 Å². The summed E-state index contributed by atoms with van der Waals surface area (Å²) in [6.45, 7) is -0.179. The number of carboxylic acid groups (broad SMARTS) is 1. The molecule has 0 aromatic carbocycles. The molecule has 64 valence electrons. The molecule has 1 heterocycles. The molecule has 0 bridgehead atoms. The van der Waals surface area contributed by atoms with Gasteiger partial charge in [0.2, 0.25) is 5.95 Å². The van der Waals surface area contributed by atoms with Crippen LogP contribution in [0.4, 0.5) is 5.95 Å². The summed E-state index contributed by atoms with van der Waals surface area (Å²) in [4.78, 5) is 17.7. The number of nitrogens with one attached hydrogen (secondary N) is 1. The highest BCUT2D eigenvalue weighted by atomic mass is 79.9. The van der Waals surface area contributed by atoms with Crippen LogP contribution in [0, 0.1) is 0 Å². The van der Waals surface area contributed by atoms with E-state index in [1.165, 1.54) is 12.4 Å². The molecule has 2 N–H and O–H groups in total. The van der Waals surface area contributed by atoms with Gasteiger partial charge in [-0.05, 0) is 15.9 Å². The van der Waals surface area contributed by atoms with E-state index in [9.17, 15) is 4.79 Å². The third kappa shape index (κ3) is 2.83. The highest BCUT2D eigenvalue weighted by molar-refractivity contribution is 9.10. The number of hydrogen-bond acceptors (Lipinski definition) is 4. The molecule has 0 aliphatic heterocycles. The number of carbonyl (C=O) groups is 1. The fraction of sp³-hybridized carbons (Fsp3) is 0.167. The minimum atomic E-state index is -0.943. The third-order valence-corrected chi connectivity index (χ3v) is 1.43. The molecule has 12 heavy (non-hydrogen) atoms. The maximum atomic E-state index is 10.1. The highest BCUT2D eigenvalue weighted by Gasteiger charge is 1.98. The highest BCUT2D eigenvalue weighted by Crippen LogP contribution is 2.06. The molecule has 1 aromatic rings. The SMILES string of the molecule is O=C(O)CNc1ncc(Br)cn1. The molecule has 0 atom stereocenters.